The lowest BCUT2D eigenvalue weighted by Gasteiger charge is -2.12. The van der Waals surface area contributed by atoms with E-state index in [9.17, 15) is 9.59 Å². The first-order valence-electron chi connectivity index (χ1n) is 7.28. The average molecular weight is 293 g/mol. The second kappa shape index (κ2) is 7.36. The Hall–Kier alpha value is -2.68. The maximum Gasteiger partial charge on any atom is 0.258 e. The zero-order chi connectivity index (χ0) is 15.9. The van der Waals surface area contributed by atoms with Crippen molar-refractivity contribution in [3.63, 3.8) is 0 Å². The third-order valence-corrected chi connectivity index (χ3v) is 3.35. The number of nitrogens with zero attached hydrogens (tertiary/aromatic N) is 1. The summed E-state index contributed by atoms with van der Waals surface area (Å²) in [7, 11) is 0. The van der Waals surface area contributed by atoms with Crippen LogP contribution in [0.4, 0.5) is 5.69 Å². The predicted octanol–water partition coefficient (Wildman–Crippen LogP) is 3.67. The molecule has 0 spiro atoms. The Morgan fingerprint density at radius 3 is 1.86 bits per heavy atom. The molecule has 0 radical (unpaired) electrons. The quantitative estimate of drug-likeness (QED) is 0.792. The molecule has 0 fully saturated rings. The van der Waals surface area contributed by atoms with E-state index in [2.05, 4.69) is 38.1 Å². The highest BCUT2D eigenvalue weighted by Gasteiger charge is 2.24. The van der Waals surface area contributed by atoms with Gasteiger partial charge in [0, 0.05) is 12.2 Å². The van der Waals surface area contributed by atoms with Gasteiger partial charge in [-0.1, -0.05) is 55.0 Å². The SMILES string of the molecule is CCc1ccc(C)cc1.O=C1C=CC(=O)N1c1ccccc1. The number of benzene rings is 2. The molecule has 0 atom stereocenters. The van der Waals surface area contributed by atoms with Crippen molar-refractivity contribution in [2.24, 2.45) is 0 Å². The van der Waals surface area contributed by atoms with Crippen LogP contribution in [0.2, 0.25) is 0 Å². The Balaban J connectivity index is 0.000000172. The topological polar surface area (TPSA) is 37.4 Å². The van der Waals surface area contributed by atoms with Crippen molar-refractivity contribution in [2.45, 2.75) is 20.3 Å². The molecule has 0 saturated carbocycles. The Labute approximate surface area is 130 Å². The van der Waals surface area contributed by atoms with Crippen molar-refractivity contribution < 1.29 is 9.59 Å². The van der Waals surface area contributed by atoms with E-state index >= 15 is 0 Å². The fraction of sp³-hybridized carbons (Fsp3) is 0.158. The number of amides is 2. The smallest absolute Gasteiger partial charge is 0.258 e. The number of para-hydroxylation sites is 1. The molecule has 2 amide bonds. The van der Waals surface area contributed by atoms with Crippen LogP contribution in [-0.2, 0) is 16.0 Å². The van der Waals surface area contributed by atoms with Crippen molar-refractivity contribution in [1.29, 1.82) is 0 Å². The first-order valence-corrected chi connectivity index (χ1v) is 7.28. The van der Waals surface area contributed by atoms with Crippen molar-refractivity contribution in [1.82, 2.24) is 0 Å². The van der Waals surface area contributed by atoms with Gasteiger partial charge in [-0.3, -0.25) is 9.59 Å². The normalized spacial score (nSPS) is 13.1. The number of anilines is 1. The second-order valence-electron chi connectivity index (χ2n) is 5.02. The Bertz CT molecular complexity index is 654. The van der Waals surface area contributed by atoms with Crippen LogP contribution in [0.3, 0.4) is 0 Å². The maximum atomic E-state index is 11.2. The summed E-state index contributed by atoms with van der Waals surface area (Å²) in [5.74, 6) is -0.563. The molecule has 3 heteroatoms. The molecule has 1 heterocycles. The van der Waals surface area contributed by atoms with Gasteiger partial charge in [0.15, 0.2) is 0 Å². The molecule has 2 aromatic carbocycles. The monoisotopic (exact) mass is 293 g/mol. The fourth-order valence-electron chi connectivity index (χ4n) is 2.06. The van der Waals surface area contributed by atoms with Crippen molar-refractivity contribution in [3.05, 3.63) is 77.9 Å². The summed E-state index contributed by atoms with van der Waals surface area (Å²) in [5.41, 5.74) is 3.37. The van der Waals surface area contributed by atoms with Crippen LogP contribution in [-0.4, -0.2) is 11.8 Å². The number of aryl methyl sites for hydroxylation is 2. The lowest BCUT2D eigenvalue weighted by Crippen LogP contribution is -2.29. The minimum atomic E-state index is -0.281. The minimum Gasteiger partial charge on any atom is -0.269 e. The van der Waals surface area contributed by atoms with Gasteiger partial charge < -0.3 is 0 Å². The lowest BCUT2D eigenvalue weighted by atomic mass is 10.1. The van der Waals surface area contributed by atoms with Crippen molar-refractivity contribution in [2.75, 3.05) is 4.90 Å². The molecule has 0 N–H and O–H groups in total. The molecule has 0 bridgehead atoms. The van der Waals surface area contributed by atoms with E-state index in [1.807, 2.05) is 6.07 Å². The van der Waals surface area contributed by atoms with Crippen molar-refractivity contribution >= 4 is 17.5 Å². The van der Waals surface area contributed by atoms with Crippen molar-refractivity contribution in [3.8, 4) is 0 Å². The fourth-order valence-corrected chi connectivity index (χ4v) is 2.06. The molecule has 3 nitrogen and oxygen atoms in total. The first-order chi connectivity index (χ1) is 10.6. The average Bonchev–Trinajstić information content (AvgIpc) is 2.88. The lowest BCUT2D eigenvalue weighted by molar-refractivity contribution is -0.119. The van der Waals surface area contributed by atoms with Gasteiger partial charge in [0.05, 0.1) is 5.69 Å². The van der Waals surface area contributed by atoms with E-state index in [-0.39, 0.29) is 11.8 Å². The molecule has 0 saturated heterocycles. The molecule has 0 aliphatic carbocycles. The Kier molecular flexibility index (Phi) is 5.26. The minimum absolute atomic E-state index is 0.281. The van der Waals surface area contributed by atoms with Gasteiger partial charge in [0.1, 0.15) is 0 Å². The molecular formula is C19H19NO2. The number of carbonyl (C=O) groups excluding carboxylic acids is 2. The van der Waals surface area contributed by atoms with Crippen LogP contribution in [0.5, 0.6) is 0 Å². The van der Waals surface area contributed by atoms with Gasteiger partial charge in [-0.05, 0) is 31.0 Å². The molecule has 2 aromatic rings. The van der Waals surface area contributed by atoms with Gasteiger partial charge in [-0.2, -0.15) is 0 Å². The van der Waals surface area contributed by atoms with E-state index < -0.39 is 0 Å². The van der Waals surface area contributed by atoms with E-state index in [4.69, 9.17) is 0 Å². The van der Waals surface area contributed by atoms with Crippen LogP contribution < -0.4 is 4.90 Å². The summed E-state index contributed by atoms with van der Waals surface area (Å²) in [6.07, 6.45) is 3.69. The Morgan fingerprint density at radius 1 is 0.818 bits per heavy atom. The third kappa shape index (κ3) is 3.92. The van der Waals surface area contributed by atoms with Crippen LogP contribution in [0.15, 0.2) is 66.7 Å². The number of hydrogen-bond donors (Lipinski definition) is 0. The number of imide groups is 1. The highest BCUT2D eigenvalue weighted by molar-refractivity contribution is 6.28. The molecule has 0 unspecified atom stereocenters. The molecule has 1 aliphatic heterocycles. The van der Waals surface area contributed by atoms with Gasteiger partial charge >= 0.3 is 0 Å². The number of carbonyl (C=O) groups is 2. The summed E-state index contributed by atoms with van der Waals surface area (Å²) < 4.78 is 0. The van der Waals surface area contributed by atoms with Crippen LogP contribution >= 0.6 is 0 Å². The predicted molar refractivity (Wildman–Crippen MR) is 88.6 cm³/mol. The highest BCUT2D eigenvalue weighted by atomic mass is 16.2. The Morgan fingerprint density at radius 2 is 1.36 bits per heavy atom. The first kappa shape index (κ1) is 15.7. The van der Waals surface area contributed by atoms with Gasteiger partial charge in [-0.15, -0.1) is 0 Å². The molecule has 0 aromatic heterocycles. The summed E-state index contributed by atoms with van der Waals surface area (Å²) >= 11 is 0. The summed E-state index contributed by atoms with van der Waals surface area (Å²) in [6, 6.07) is 17.5. The van der Waals surface area contributed by atoms with E-state index in [0.29, 0.717) is 5.69 Å². The molecule has 22 heavy (non-hydrogen) atoms. The van der Waals surface area contributed by atoms with Crippen LogP contribution in [0, 0.1) is 6.92 Å². The third-order valence-electron chi connectivity index (χ3n) is 3.35. The number of hydrogen-bond acceptors (Lipinski definition) is 2. The van der Waals surface area contributed by atoms with E-state index in [1.54, 1.807) is 24.3 Å². The molecular weight excluding hydrogens is 274 g/mol. The summed E-state index contributed by atoms with van der Waals surface area (Å²) in [6.45, 7) is 4.28. The molecule has 1 aliphatic rings. The highest BCUT2D eigenvalue weighted by Crippen LogP contribution is 2.17. The van der Waals surface area contributed by atoms with Gasteiger partial charge in [0.2, 0.25) is 0 Å². The van der Waals surface area contributed by atoms with E-state index in [0.717, 1.165) is 11.3 Å². The van der Waals surface area contributed by atoms with Crippen LogP contribution in [0.25, 0.3) is 0 Å². The molecule has 3 rings (SSSR count). The maximum absolute atomic E-state index is 11.2. The van der Waals surface area contributed by atoms with E-state index in [1.165, 1.54) is 23.3 Å². The van der Waals surface area contributed by atoms with Gasteiger partial charge in [-0.25, -0.2) is 4.90 Å². The summed E-state index contributed by atoms with van der Waals surface area (Å²) in [4.78, 5) is 23.5. The number of rotatable bonds is 2. The second-order valence-corrected chi connectivity index (χ2v) is 5.02. The largest absolute Gasteiger partial charge is 0.269 e. The molecule has 112 valence electrons. The zero-order valence-corrected chi connectivity index (χ0v) is 12.8. The van der Waals surface area contributed by atoms with Gasteiger partial charge in [0.25, 0.3) is 11.8 Å². The van der Waals surface area contributed by atoms with Crippen LogP contribution in [0.1, 0.15) is 18.1 Å². The standard InChI is InChI=1S/C10H7NO2.C9H12/c12-9-6-7-10(13)11(9)8-4-2-1-3-5-8;1-3-9-6-4-8(2)5-7-9/h1-7H;4-7H,3H2,1-2H3. The summed E-state index contributed by atoms with van der Waals surface area (Å²) in [5, 5.41) is 0. The zero-order valence-electron chi connectivity index (χ0n) is 12.8.